The smallest absolute Gasteiger partial charge is 0.163 e. The van der Waals surface area contributed by atoms with Crippen molar-refractivity contribution >= 4 is 39.8 Å². The Labute approximate surface area is 163 Å². The van der Waals surface area contributed by atoms with E-state index in [4.69, 9.17) is 14.9 Å². The van der Waals surface area contributed by atoms with Gasteiger partial charge in [-0.25, -0.2) is 4.98 Å². The van der Waals surface area contributed by atoms with E-state index in [0.717, 1.165) is 16.3 Å². The maximum atomic E-state index is 10.5. The number of aliphatic hydroxyl groups is 1. The van der Waals surface area contributed by atoms with Gasteiger partial charge in [0, 0.05) is 17.1 Å². The second kappa shape index (κ2) is 6.40. The Morgan fingerprint density at radius 2 is 1.96 bits per heavy atom. The topological polar surface area (TPSA) is 78.7 Å². The van der Waals surface area contributed by atoms with E-state index in [1.807, 2.05) is 41.1 Å². The van der Waals surface area contributed by atoms with Crippen LogP contribution in [0.5, 0.6) is 11.5 Å². The van der Waals surface area contributed by atoms with Gasteiger partial charge in [0.25, 0.3) is 0 Å². The predicted octanol–water partition coefficient (Wildman–Crippen LogP) is 4.41. The predicted molar refractivity (Wildman–Crippen MR) is 107 cm³/mol. The van der Waals surface area contributed by atoms with Crippen LogP contribution in [0.3, 0.4) is 0 Å². The average molecular weight is 397 g/mol. The summed E-state index contributed by atoms with van der Waals surface area (Å²) in [7, 11) is 0. The number of ether oxygens (including phenoxy) is 2. The van der Waals surface area contributed by atoms with Crippen LogP contribution < -0.4 is 14.4 Å². The summed E-state index contributed by atoms with van der Waals surface area (Å²) in [6, 6.07) is 9.55. The van der Waals surface area contributed by atoms with Crippen LogP contribution in [0.15, 0.2) is 46.9 Å². The van der Waals surface area contributed by atoms with Gasteiger partial charge in [-0.2, -0.15) is 0 Å². The molecule has 8 heteroatoms. The molecule has 0 fully saturated rings. The number of aromatic nitrogens is 1. The number of hydrogen-bond donors (Lipinski definition) is 2. The molecule has 136 valence electrons. The number of hydrogen-bond acceptors (Lipinski definition) is 7. The van der Waals surface area contributed by atoms with E-state index in [2.05, 4.69) is 4.98 Å². The van der Waals surface area contributed by atoms with E-state index in [1.165, 1.54) is 11.3 Å². The average Bonchev–Trinajstić information content (AvgIpc) is 3.41. The van der Waals surface area contributed by atoms with Crippen molar-refractivity contribution in [2.45, 2.75) is 0 Å². The standard InChI is InChI=1S/C19H15N3O3S2/c20-18-17(19-21-12(10-27-19)16-2-1-7-26-16)13(23)9-22(18)11-3-4-14-15(8-11)25-6-5-24-14/h1-4,7-8,10,20,23H,5-6,9H2. The van der Waals surface area contributed by atoms with Crippen LogP contribution in [0.2, 0.25) is 0 Å². The Bertz CT molecular complexity index is 1060. The number of aliphatic hydroxyl groups excluding tert-OH is 1. The van der Waals surface area contributed by atoms with Crippen molar-refractivity contribution in [2.75, 3.05) is 24.7 Å². The van der Waals surface area contributed by atoms with Crippen molar-refractivity contribution in [1.29, 1.82) is 5.41 Å². The molecule has 3 aromatic rings. The van der Waals surface area contributed by atoms with Crippen LogP contribution in [0.4, 0.5) is 5.69 Å². The van der Waals surface area contributed by atoms with Crippen LogP contribution >= 0.6 is 22.7 Å². The fourth-order valence-corrected chi connectivity index (χ4v) is 4.80. The summed E-state index contributed by atoms with van der Waals surface area (Å²) < 4.78 is 11.2. The molecule has 6 nitrogen and oxygen atoms in total. The summed E-state index contributed by atoms with van der Waals surface area (Å²) in [6.07, 6.45) is 0. The number of rotatable bonds is 3. The number of nitrogens with zero attached hydrogens (tertiary/aromatic N) is 2. The molecule has 4 heterocycles. The Morgan fingerprint density at radius 1 is 1.11 bits per heavy atom. The molecule has 2 aliphatic rings. The zero-order chi connectivity index (χ0) is 18.4. The molecule has 0 saturated heterocycles. The van der Waals surface area contributed by atoms with Crippen molar-refractivity contribution in [1.82, 2.24) is 4.98 Å². The van der Waals surface area contributed by atoms with E-state index >= 15 is 0 Å². The van der Waals surface area contributed by atoms with E-state index in [0.29, 0.717) is 35.3 Å². The molecule has 0 aliphatic carbocycles. The molecule has 0 atom stereocenters. The number of thiophene rings is 1. The van der Waals surface area contributed by atoms with Gasteiger partial charge in [-0.1, -0.05) is 6.07 Å². The normalized spacial score (nSPS) is 16.3. The lowest BCUT2D eigenvalue weighted by Gasteiger charge is -2.23. The number of nitrogens with one attached hydrogen (secondary N) is 1. The highest BCUT2D eigenvalue weighted by atomic mass is 32.1. The third-order valence-corrected chi connectivity index (χ3v) is 6.18. The first-order chi connectivity index (χ1) is 13.2. The number of thiazole rings is 1. The summed E-state index contributed by atoms with van der Waals surface area (Å²) in [5, 5.41) is 23.8. The first kappa shape index (κ1) is 16.3. The van der Waals surface area contributed by atoms with Gasteiger partial charge in [0.1, 0.15) is 29.8 Å². The first-order valence-corrected chi connectivity index (χ1v) is 10.1. The van der Waals surface area contributed by atoms with E-state index in [1.54, 1.807) is 16.2 Å². The molecular formula is C19H15N3O3S2. The lowest BCUT2D eigenvalue weighted by molar-refractivity contribution is 0.171. The second-order valence-corrected chi connectivity index (χ2v) is 7.91. The zero-order valence-electron chi connectivity index (χ0n) is 14.1. The highest BCUT2D eigenvalue weighted by Gasteiger charge is 2.32. The lowest BCUT2D eigenvalue weighted by Crippen LogP contribution is -2.26. The van der Waals surface area contributed by atoms with Crippen molar-refractivity contribution < 1.29 is 14.6 Å². The largest absolute Gasteiger partial charge is 0.510 e. The fourth-order valence-electron chi connectivity index (χ4n) is 3.15. The van der Waals surface area contributed by atoms with Gasteiger partial charge in [0.05, 0.1) is 22.7 Å². The molecule has 0 spiro atoms. The molecule has 5 rings (SSSR count). The minimum absolute atomic E-state index is 0.155. The number of fused-ring (bicyclic) bond motifs is 1. The third-order valence-electron chi connectivity index (χ3n) is 4.43. The number of anilines is 1. The van der Waals surface area contributed by atoms with Gasteiger partial charge in [0.15, 0.2) is 11.5 Å². The molecule has 0 bridgehead atoms. The van der Waals surface area contributed by atoms with Gasteiger partial charge >= 0.3 is 0 Å². The Kier molecular flexibility index (Phi) is 3.87. The van der Waals surface area contributed by atoms with Gasteiger partial charge in [-0.05, 0) is 23.6 Å². The molecule has 2 aliphatic heterocycles. The molecule has 27 heavy (non-hydrogen) atoms. The van der Waals surface area contributed by atoms with Crippen LogP contribution in [0.1, 0.15) is 5.01 Å². The minimum atomic E-state index is 0.155. The number of amidine groups is 1. The monoisotopic (exact) mass is 397 g/mol. The molecule has 2 N–H and O–H groups in total. The maximum Gasteiger partial charge on any atom is 0.163 e. The molecule has 0 radical (unpaired) electrons. The summed E-state index contributed by atoms with van der Waals surface area (Å²) in [6.45, 7) is 1.28. The van der Waals surface area contributed by atoms with Gasteiger partial charge in [-0.15, -0.1) is 22.7 Å². The van der Waals surface area contributed by atoms with E-state index in [9.17, 15) is 5.11 Å². The van der Waals surface area contributed by atoms with Crippen LogP contribution in [0.25, 0.3) is 16.1 Å². The summed E-state index contributed by atoms with van der Waals surface area (Å²) in [5.74, 6) is 1.75. The second-order valence-electron chi connectivity index (χ2n) is 6.10. The number of benzene rings is 1. The SMILES string of the molecule is N=C1C(c2nc(-c3cccs3)cs2)=C(O)CN1c1ccc2c(c1)OCCO2. The summed E-state index contributed by atoms with van der Waals surface area (Å²) in [5.41, 5.74) is 2.13. The van der Waals surface area contributed by atoms with Crippen LogP contribution in [0, 0.1) is 5.41 Å². The van der Waals surface area contributed by atoms with Crippen LogP contribution in [-0.2, 0) is 0 Å². The van der Waals surface area contributed by atoms with Gasteiger partial charge in [-0.3, -0.25) is 5.41 Å². The molecule has 0 amide bonds. The van der Waals surface area contributed by atoms with Crippen molar-refractivity contribution in [3.63, 3.8) is 0 Å². The molecular weight excluding hydrogens is 382 g/mol. The van der Waals surface area contributed by atoms with Gasteiger partial charge in [0.2, 0.25) is 0 Å². The Morgan fingerprint density at radius 3 is 2.78 bits per heavy atom. The summed E-state index contributed by atoms with van der Waals surface area (Å²) in [4.78, 5) is 7.45. The van der Waals surface area contributed by atoms with Crippen LogP contribution in [-0.4, -0.2) is 35.7 Å². The van der Waals surface area contributed by atoms with Gasteiger partial charge < -0.3 is 19.5 Å². The molecule has 1 aromatic carbocycles. The fraction of sp³-hybridized carbons (Fsp3) is 0.158. The third kappa shape index (κ3) is 2.77. The van der Waals surface area contributed by atoms with E-state index < -0.39 is 0 Å². The van der Waals surface area contributed by atoms with E-state index in [-0.39, 0.29) is 18.1 Å². The first-order valence-electron chi connectivity index (χ1n) is 8.39. The lowest BCUT2D eigenvalue weighted by atomic mass is 10.2. The highest BCUT2D eigenvalue weighted by molar-refractivity contribution is 7.14. The minimum Gasteiger partial charge on any atom is -0.510 e. The molecule has 2 aromatic heterocycles. The van der Waals surface area contributed by atoms with Crippen molar-refractivity contribution in [3.8, 4) is 22.1 Å². The van der Waals surface area contributed by atoms with Crippen molar-refractivity contribution in [3.05, 3.63) is 51.9 Å². The zero-order valence-corrected chi connectivity index (χ0v) is 15.8. The molecule has 0 saturated carbocycles. The highest BCUT2D eigenvalue weighted by Crippen LogP contribution is 2.38. The maximum absolute atomic E-state index is 10.5. The Balaban J connectivity index is 1.45. The quantitative estimate of drug-likeness (QED) is 0.684. The molecule has 0 unspecified atom stereocenters. The summed E-state index contributed by atoms with van der Waals surface area (Å²) >= 11 is 3.06. The Hall–Kier alpha value is -2.84. The van der Waals surface area contributed by atoms with Crippen molar-refractivity contribution in [2.24, 2.45) is 0 Å².